The maximum Gasteiger partial charge on any atom is 0.524 e. The zero-order valence-electron chi connectivity index (χ0n) is 10.1. The van der Waals surface area contributed by atoms with Crippen LogP contribution in [0.3, 0.4) is 0 Å². The van der Waals surface area contributed by atoms with Gasteiger partial charge in [-0.05, 0) is 6.92 Å². The topological polar surface area (TPSA) is 104 Å². The van der Waals surface area contributed by atoms with E-state index in [2.05, 4.69) is 11.8 Å². The lowest BCUT2D eigenvalue weighted by atomic mass is 10.4. The summed E-state index contributed by atoms with van der Waals surface area (Å²) in [4.78, 5) is 0. The van der Waals surface area contributed by atoms with Gasteiger partial charge >= 0.3 is 31.3 Å². The minimum absolute atomic E-state index is 0.681. The molecule has 0 amide bonds. The largest absolute Gasteiger partial charge is 0.524 e. The van der Waals surface area contributed by atoms with E-state index in [1.807, 2.05) is 10.6 Å². The average Bonchev–Trinajstić information content (AvgIpc) is 2.22. The molecule has 0 aromatic heterocycles. The maximum atomic E-state index is 11.4. The molecule has 126 valence electrons. The number of rotatable bonds is 3. The van der Waals surface area contributed by atoms with Crippen LogP contribution in [-0.4, -0.2) is 34.4 Å². The second kappa shape index (κ2) is 7.82. The fraction of sp³-hybridized carbons (Fsp3) is 0.714. The zero-order valence-corrected chi connectivity index (χ0v) is 11.8. The molecule has 0 spiro atoms. The Morgan fingerprint density at radius 2 is 1.29 bits per heavy atom. The normalized spacial score (nSPS) is 12.8. The van der Waals surface area contributed by atoms with Crippen molar-refractivity contribution in [3.63, 3.8) is 0 Å². The summed E-state index contributed by atoms with van der Waals surface area (Å²) in [5.41, 5.74) is -7.41. The van der Waals surface area contributed by atoms with Crippen molar-refractivity contribution in [2.24, 2.45) is 5.73 Å². The lowest BCUT2D eigenvalue weighted by molar-refractivity contribution is -0.0585. The first-order valence-electron chi connectivity index (χ1n) is 4.55. The summed E-state index contributed by atoms with van der Waals surface area (Å²) in [7, 11) is -13.7. The van der Waals surface area contributed by atoms with Gasteiger partial charge in [0.05, 0.1) is 0 Å². The third kappa shape index (κ3) is 8.09. The van der Waals surface area contributed by atoms with Crippen molar-refractivity contribution < 1.29 is 46.8 Å². The van der Waals surface area contributed by atoms with Gasteiger partial charge in [-0.25, -0.2) is 0 Å². The van der Waals surface area contributed by atoms with Gasteiger partial charge < -0.3 is 5.73 Å². The Morgan fingerprint density at radius 1 is 0.952 bits per heavy atom. The monoisotopic (exact) mass is 365 g/mol. The summed E-state index contributed by atoms with van der Waals surface area (Å²) in [5.74, 6) is 5.56. The van der Waals surface area contributed by atoms with E-state index in [0.29, 0.717) is 6.54 Å². The number of nitrogens with two attached hydrogens (primary N) is 1. The summed E-state index contributed by atoms with van der Waals surface area (Å²) in [6.07, 6.45) is 0.830. The molecule has 0 saturated heterocycles. The quantitative estimate of drug-likeness (QED) is 0.456. The summed E-state index contributed by atoms with van der Waals surface area (Å²) >= 11 is 0. The van der Waals surface area contributed by atoms with Crippen LogP contribution < -0.4 is 5.73 Å². The number of halogens is 6. The molecule has 6 nitrogen and oxygen atoms in total. The van der Waals surface area contributed by atoms with Crippen LogP contribution in [0.25, 0.3) is 0 Å². The average molecular weight is 365 g/mol. The SMILES string of the molecule is CC#CCCN.O=S(=O)(OS(=O)(=O)C(F)(F)F)C(F)(F)F. The molecule has 0 fully saturated rings. The molecule has 0 radical (unpaired) electrons. The van der Waals surface area contributed by atoms with Crippen molar-refractivity contribution in [3.05, 3.63) is 0 Å². The fourth-order valence-electron chi connectivity index (χ4n) is 0.392. The van der Waals surface area contributed by atoms with Gasteiger partial charge in [-0.3, -0.25) is 0 Å². The smallest absolute Gasteiger partial charge is 0.330 e. The molecule has 0 aromatic rings. The molecule has 0 saturated carbocycles. The van der Waals surface area contributed by atoms with Crippen LogP contribution in [0.5, 0.6) is 0 Å². The first kappa shape index (κ1) is 22.2. The van der Waals surface area contributed by atoms with Crippen molar-refractivity contribution >= 4 is 20.2 Å². The highest BCUT2D eigenvalue weighted by molar-refractivity contribution is 8.00. The Bertz CT molecular complexity index is 538. The van der Waals surface area contributed by atoms with Gasteiger partial charge in [0.1, 0.15) is 0 Å². The van der Waals surface area contributed by atoms with Gasteiger partial charge in [-0.15, -0.1) is 15.5 Å². The molecule has 14 heteroatoms. The van der Waals surface area contributed by atoms with Crippen molar-refractivity contribution in [2.45, 2.75) is 24.4 Å². The minimum Gasteiger partial charge on any atom is -0.330 e. The molecule has 0 aromatic carbocycles. The molecule has 0 atom stereocenters. The maximum absolute atomic E-state index is 11.4. The summed E-state index contributed by atoms with van der Waals surface area (Å²) in [6.45, 7) is 2.50. The second-order valence-electron chi connectivity index (χ2n) is 2.83. The van der Waals surface area contributed by atoms with E-state index in [1.165, 1.54) is 0 Å². The molecule has 0 unspecified atom stereocenters. The third-order valence-electron chi connectivity index (χ3n) is 1.19. The van der Waals surface area contributed by atoms with Crippen LogP contribution >= 0.6 is 0 Å². The van der Waals surface area contributed by atoms with E-state index in [4.69, 9.17) is 5.73 Å². The van der Waals surface area contributed by atoms with Crippen molar-refractivity contribution in [2.75, 3.05) is 6.54 Å². The van der Waals surface area contributed by atoms with Crippen LogP contribution in [0.2, 0.25) is 0 Å². The first-order valence-corrected chi connectivity index (χ1v) is 7.37. The van der Waals surface area contributed by atoms with Crippen LogP contribution in [0, 0.1) is 11.8 Å². The molecule has 0 aliphatic carbocycles. The van der Waals surface area contributed by atoms with Crippen LogP contribution in [0.15, 0.2) is 0 Å². The number of hydrogen-bond donors (Lipinski definition) is 1. The van der Waals surface area contributed by atoms with Crippen LogP contribution in [-0.2, 0) is 23.9 Å². The zero-order chi connectivity index (χ0) is 17.5. The van der Waals surface area contributed by atoms with Gasteiger partial charge in [-0.1, -0.05) is 0 Å². The fourth-order valence-corrected chi connectivity index (χ4v) is 1.95. The lowest BCUT2D eigenvalue weighted by Crippen LogP contribution is -2.34. The molecule has 21 heavy (non-hydrogen) atoms. The van der Waals surface area contributed by atoms with Gasteiger partial charge in [0, 0.05) is 13.0 Å². The Balaban J connectivity index is 0. The van der Waals surface area contributed by atoms with Gasteiger partial charge in [0.15, 0.2) is 0 Å². The third-order valence-corrected chi connectivity index (χ3v) is 3.76. The molecule has 0 heterocycles. The first-order chi connectivity index (χ1) is 9.12. The highest BCUT2D eigenvalue weighted by Crippen LogP contribution is 2.31. The Morgan fingerprint density at radius 3 is 1.43 bits per heavy atom. The summed E-state index contributed by atoms with van der Waals surface area (Å²) in [6, 6.07) is 0. The van der Waals surface area contributed by atoms with Crippen molar-refractivity contribution in [1.29, 1.82) is 0 Å². The van der Waals surface area contributed by atoms with E-state index in [-0.39, 0.29) is 0 Å². The lowest BCUT2D eigenvalue weighted by Gasteiger charge is -2.09. The van der Waals surface area contributed by atoms with Gasteiger partial charge in [-0.2, -0.15) is 43.2 Å². The second-order valence-corrected chi connectivity index (χ2v) is 6.12. The number of alkyl halides is 6. The molecule has 0 aliphatic heterocycles. The molecule has 2 N–H and O–H groups in total. The van der Waals surface area contributed by atoms with E-state index in [9.17, 15) is 43.2 Å². The molecular formula is C7H9F6NO5S2. The van der Waals surface area contributed by atoms with Gasteiger partial charge in [0.2, 0.25) is 0 Å². The Labute approximate surface area is 116 Å². The highest BCUT2D eigenvalue weighted by Gasteiger charge is 2.57. The minimum atomic E-state index is -6.85. The molecule has 0 aliphatic rings. The molecule has 0 rings (SSSR count). The van der Waals surface area contributed by atoms with Crippen LogP contribution in [0.1, 0.15) is 13.3 Å². The predicted molar refractivity (Wildman–Crippen MR) is 58.2 cm³/mol. The van der Waals surface area contributed by atoms with Crippen molar-refractivity contribution in [3.8, 4) is 11.8 Å². The van der Waals surface area contributed by atoms with Crippen molar-refractivity contribution in [1.82, 2.24) is 0 Å². The molecule has 0 bridgehead atoms. The molecular weight excluding hydrogens is 356 g/mol. The summed E-state index contributed by atoms with van der Waals surface area (Å²) < 4.78 is 110. The highest BCUT2D eigenvalue weighted by atomic mass is 32.3. The van der Waals surface area contributed by atoms with E-state index in [1.54, 1.807) is 0 Å². The summed E-state index contributed by atoms with van der Waals surface area (Å²) in [5, 5.41) is 0. The van der Waals surface area contributed by atoms with E-state index in [0.717, 1.165) is 6.42 Å². The van der Waals surface area contributed by atoms with E-state index < -0.39 is 31.3 Å². The standard InChI is InChI=1S/C5H9N.C2F6O5S2/c1-2-3-4-5-6;3-1(4,5)14(9,10)13-15(11,12)2(6,7)8/h4-6H2,1H3;. The Kier molecular flexibility index (Phi) is 8.29. The predicted octanol–water partition coefficient (Wildman–Crippen LogP) is 1.06. The van der Waals surface area contributed by atoms with E-state index >= 15 is 0 Å². The number of hydrogen-bond acceptors (Lipinski definition) is 6. The van der Waals surface area contributed by atoms with Gasteiger partial charge in [0.25, 0.3) is 0 Å². The van der Waals surface area contributed by atoms with Crippen LogP contribution in [0.4, 0.5) is 26.3 Å². The Hall–Kier alpha value is -1.04.